The van der Waals surface area contributed by atoms with E-state index in [1.165, 1.54) is 12.1 Å². The number of benzene rings is 1. The van der Waals surface area contributed by atoms with Crippen LogP contribution < -0.4 is 0 Å². The third-order valence-corrected chi connectivity index (χ3v) is 3.60. The van der Waals surface area contributed by atoms with Crippen LogP contribution in [0.4, 0.5) is 0 Å². The lowest BCUT2D eigenvalue weighted by atomic mass is 10.0. The summed E-state index contributed by atoms with van der Waals surface area (Å²) in [6.07, 6.45) is 2.81. The van der Waals surface area contributed by atoms with Gasteiger partial charge in [0.1, 0.15) is 5.75 Å². The van der Waals surface area contributed by atoms with E-state index in [1.54, 1.807) is 11.0 Å². The minimum atomic E-state index is -0.143. The van der Waals surface area contributed by atoms with Crippen LogP contribution in [0.5, 0.6) is 5.75 Å². The Hall–Kier alpha value is -1.26. The van der Waals surface area contributed by atoms with E-state index in [0.29, 0.717) is 12.1 Å². The number of aromatic hydroxyl groups is 1. The fourth-order valence-corrected chi connectivity index (χ4v) is 2.44. The van der Waals surface area contributed by atoms with E-state index in [1.807, 2.05) is 0 Å². The molecule has 1 aliphatic heterocycles. The second-order valence-electron chi connectivity index (χ2n) is 4.50. The van der Waals surface area contributed by atoms with Gasteiger partial charge in [0, 0.05) is 12.1 Å². The molecule has 1 aromatic carbocycles. The fraction of sp³-hybridized carbons (Fsp3) is 0.462. The number of carbonyl (C=O) groups is 1. The number of carbonyl (C=O) groups excluding carboxylic acids is 1. The summed E-state index contributed by atoms with van der Waals surface area (Å²) in [6, 6.07) is 4.31. The van der Waals surface area contributed by atoms with Crippen LogP contribution in [0.2, 0.25) is 5.02 Å². The van der Waals surface area contributed by atoms with Crippen molar-refractivity contribution in [2.75, 3.05) is 13.2 Å². The van der Waals surface area contributed by atoms with Gasteiger partial charge in [-0.05, 0) is 37.5 Å². The maximum Gasteiger partial charge on any atom is 0.254 e. The standard InChI is InChI=1S/C13H16ClNO3/c14-11-7-9(4-5-12(11)17)13(18)15-6-2-1-3-10(15)8-16/h4-5,7,10,16-17H,1-3,6,8H2. The molecule has 1 saturated heterocycles. The lowest BCUT2D eigenvalue weighted by Gasteiger charge is -2.34. The summed E-state index contributed by atoms with van der Waals surface area (Å²) in [5, 5.41) is 18.8. The number of phenolic OH excluding ortho intramolecular Hbond substituents is 1. The first-order chi connectivity index (χ1) is 8.63. The monoisotopic (exact) mass is 269 g/mol. The molecule has 98 valence electrons. The Labute approximate surface area is 111 Å². The Kier molecular flexibility index (Phi) is 4.09. The predicted molar refractivity (Wildman–Crippen MR) is 68.9 cm³/mol. The number of halogens is 1. The van der Waals surface area contributed by atoms with E-state index in [0.717, 1.165) is 19.3 Å². The number of hydrogen-bond donors (Lipinski definition) is 2. The molecule has 2 N–H and O–H groups in total. The molecular formula is C13H16ClNO3. The van der Waals surface area contributed by atoms with Gasteiger partial charge in [-0.25, -0.2) is 0 Å². The molecule has 1 amide bonds. The third kappa shape index (κ3) is 2.60. The number of likely N-dealkylation sites (tertiary alicyclic amines) is 1. The van der Waals surface area contributed by atoms with Crippen LogP contribution in [0, 0.1) is 0 Å². The fourth-order valence-electron chi connectivity index (χ4n) is 2.26. The molecule has 0 saturated carbocycles. The smallest absolute Gasteiger partial charge is 0.254 e. The molecule has 4 nitrogen and oxygen atoms in total. The van der Waals surface area contributed by atoms with Crippen LogP contribution in [0.25, 0.3) is 0 Å². The molecule has 1 aliphatic rings. The predicted octanol–water partition coefficient (Wildman–Crippen LogP) is 2.03. The van der Waals surface area contributed by atoms with Crippen molar-refractivity contribution in [1.82, 2.24) is 4.90 Å². The van der Waals surface area contributed by atoms with Crippen LogP contribution >= 0.6 is 11.6 Å². The second kappa shape index (κ2) is 5.59. The van der Waals surface area contributed by atoms with E-state index in [2.05, 4.69) is 0 Å². The molecule has 0 bridgehead atoms. The molecule has 1 fully saturated rings. The topological polar surface area (TPSA) is 60.8 Å². The van der Waals surface area contributed by atoms with Crippen molar-refractivity contribution in [3.63, 3.8) is 0 Å². The van der Waals surface area contributed by atoms with Gasteiger partial charge in [0.2, 0.25) is 0 Å². The highest BCUT2D eigenvalue weighted by Gasteiger charge is 2.27. The normalized spacial score (nSPS) is 19.9. The molecular weight excluding hydrogens is 254 g/mol. The first kappa shape index (κ1) is 13.2. The van der Waals surface area contributed by atoms with E-state index in [-0.39, 0.29) is 29.3 Å². The zero-order valence-electron chi connectivity index (χ0n) is 9.97. The van der Waals surface area contributed by atoms with Gasteiger partial charge in [0.15, 0.2) is 0 Å². The zero-order valence-corrected chi connectivity index (χ0v) is 10.7. The number of rotatable bonds is 2. The van der Waals surface area contributed by atoms with Gasteiger partial charge in [-0.2, -0.15) is 0 Å². The lowest BCUT2D eigenvalue weighted by molar-refractivity contribution is 0.0503. The molecule has 1 unspecified atom stereocenters. The highest BCUT2D eigenvalue weighted by atomic mass is 35.5. The number of amides is 1. The minimum absolute atomic E-state index is 0.0163. The third-order valence-electron chi connectivity index (χ3n) is 3.29. The first-order valence-corrected chi connectivity index (χ1v) is 6.41. The van der Waals surface area contributed by atoms with Crippen LogP contribution in [0.15, 0.2) is 18.2 Å². The summed E-state index contributed by atoms with van der Waals surface area (Å²) in [5.74, 6) is -0.179. The molecule has 1 aromatic rings. The molecule has 0 spiro atoms. The number of nitrogens with zero attached hydrogens (tertiary/aromatic N) is 1. The first-order valence-electron chi connectivity index (χ1n) is 6.04. The lowest BCUT2D eigenvalue weighted by Crippen LogP contribution is -2.45. The molecule has 0 aliphatic carbocycles. The van der Waals surface area contributed by atoms with Crippen molar-refractivity contribution < 1.29 is 15.0 Å². The summed E-state index contributed by atoms with van der Waals surface area (Å²) in [6.45, 7) is 0.639. The van der Waals surface area contributed by atoms with Crippen LogP contribution in [0.3, 0.4) is 0 Å². The number of aliphatic hydroxyl groups excluding tert-OH is 1. The van der Waals surface area contributed by atoms with Gasteiger partial charge in [-0.1, -0.05) is 11.6 Å². The van der Waals surface area contributed by atoms with Crippen LogP contribution in [0.1, 0.15) is 29.6 Å². The number of aliphatic hydroxyl groups is 1. The van der Waals surface area contributed by atoms with Crippen molar-refractivity contribution in [3.05, 3.63) is 28.8 Å². The highest BCUT2D eigenvalue weighted by Crippen LogP contribution is 2.26. The van der Waals surface area contributed by atoms with Crippen LogP contribution in [-0.4, -0.2) is 40.2 Å². The van der Waals surface area contributed by atoms with Crippen molar-refractivity contribution in [2.45, 2.75) is 25.3 Å². The van der Waals surface area contributed by atoms with E-state index in [9.17, 15) is 15.0 Å². The Balaban J connectivity index is 2.21. The largest absolute Gasteiger partial charge is 0.506 e. The molecule has 5 heteroatoms. The highest BCUT2D eigenvalue weighted by molar-refractivity contribution is 6.32. The van der Waals surface area contributed by atoms with Gasteiger partial charge in [0.05, 0.1) is 17.7 Å². The van der Waals surface area contributed by atoms with Gasteiger partial charge in [-0.3, -0.25) is 4.79 Å². The average Bonchev–Trinajstić information content (AvgIpc) is 2.41. The maximum atomic E-state index is 12.3. The number of hydrogen-bond acceptors (Lipinski definition) is 3. The van der Waals surface area contributed by atoms with Gasteiger partial charge < -0.3 is 15.1 Å². The van der Waals surface area contributed by atoms with Crippen molar-refractivity contribution in [3.8, 4) is 5.75 Å². The quantitative estimate of drug-likeness (QED) is 0.864. The summed E-state index contributed by atoms with van der Waals surface area (Å²) < 4.78 is 0. The van der Waals surface area contributed by atoms with Crippen molar-refractivity contribution in [2.24, 2.45) is 0 Å². The Morgan fingerprint density at radius 3 is 2.89 bits per heavy atom. The van der Waals surface area contributed by atoms with E-state index >= 15 is 0 Å². The van der Waals surface area contributed by atoms with Crippen molar-refractivity contribution in [1.29, 1.82) is 0 Å². The summed E-state index contributed by atoms with van der Waals surface area (Å²) >= 11 is 5.80. The molecule has 18 heavy (non-hydrogen) atoms. The molecule has 0 radical (unpaired) electrons. The number of phenols is 1. The van der Waals surface area contributed by atoms with E-state index < -0.39 is 0 Å². The maximum absolute atomic E-state index is 12.3. The molecule has 1 heterocycles. The van der Waals surface area contributed by atoms with E-state index in [4.69, 9.17) is 11.6 Å². The minimum Gasteiger partial charge on any atom is -0.506 e. The van der Waals surface area contributed by atoms with Crippen molar-refractivity contribution >= 4 is 17.5 Å². The molecule has 2 rings (SSSR count). The van der Waals surface area contributed by atoms with Crippen LogP contribution in [-0.2, 0) is 0 Å². The molecule has 1 atom stereocenters. The SMILES string of the molecule is O=C(c1ccc(O)c(Cl)c1)N1CCCCC1CO. The van der Waals surface area contributed by atoms with Gasteiger partial charge in [0.25, 0.3) is 5.91 Å². The Bertz CT molecular complexity index is 450. The molecule has 0 aromatic heterocycles. The summed E-state index contributed by atoms with van der Waals surface area (Å²) in [4.78, 5) is 14.0. The Morgan fingerprint density at radius 2 is 2.22 bits per heavy atom. The summed E-state index contributed by atoms with van der Waals surface area (Å²) in [5.41, 5.74) is 0.443. The van der Waals surface area contributed by atoms with Gasteiger partial charge >= 0.3 is 0 Å². The zero-order chi connectivity index (χ0) is 13.1. The number of piperidine rings is 1. The Morgan fingerprint density at radius 1 is 1.44 bits per heavy atom. The average molecular weight is 270 g/mol. The van der Waals surface area contributed by atoms with Gasteiger partial charge in [-0.15, -0.1) is 0 Å². The second-order valence-corrected chi connectivity index (χ2v) is 4.90. The summed E-state index contributed by atoms with van der Waals surface area (Å²) in [7, 11) is 0.